The highest BCUT2D eigenvalue weighted by Gasteiger charge is 2.07. The lowest BCUT2D eigenvalue weighted by Crippen LogP contribution is -1.94. The van der Waals surface area contributed by atoms with E-state index in [1.807, 2.05) is 12.4 Å². The van der Waals surface area contributed by atoms with Gasteiger partial charge in [-0.1, -0.05) is 64.1 Å². The van der Waals surface area contributed by atoms with Gasteiger partial charge in [-0.3, -0.25) is 9.97 Å². The van der Waals surface area contributed by atoms with Crippen LogP contribution in [0.15, 0.2) is 60.9 Å². The van der Waals surface area contributed by atoms with E-state index >= 15 is 0 Å². The molecule has 2 heteroatoms. The van der Waals surface area contributed by atoms with E-state index in [1.54, 1.807) is 0 Å². The van der Waals surface area contributed by atoms with Crippen LogP contribution < -0.4 is 0 Å². The van der Waals surface area contributed by atoms with E-state index in [0.717, 1.165) is 35.4 Å². The van der Waals surface area contributed by atoms with E-state index in [1.165, 1.54) is 11.1 Å². The third-order valence-corrected chi connectivity index (χ3v) is 5.41. The van der Waals surface area contributed by atoms with Crippen molar-refractivity contribution >= 4 is 0 Å². The highest BCUT2D eigenvalue weighted by atomic mass is 14.7. The van der Waals surface area contributed by atoms with Gasteiger partial charge >= 0.3 is 0 Å². The summed E-state index contributed by atoms with van der Waals surface area (Å²) in [5, 5.41) is 0. The number of nitrogens with zero attached hydrogens (tertiary/aromatic N) is 2. The zero-order chi connectivity index (χ0) is 18.5. The normalized spacial score (nSPS) is 13.4. The minimum Gasteiger partial charge on any atom is -0.256 e. The largest absolute Gasteiger partial charge is 0.256 e. The molecule has 2 heterocycles. The molecule has 0 unspecified atom stereocenters. The summed E-state index contributed by atoms with van der Waals surface area (Å²) in [6.07, 6.45) is 6.29. The highest BCUT2D eigenvalue weighted by molar-refractivity contribution is 5.66. The Hall–Kier alpha value is -2.48. The molecule has 0 saturated heterocycles. The van der Waals surface area contributed by atoms with Gasteiger partial charge in [0, 0.05) is 23.5 Å². The Labute approximate surface area is 157 Å². The van der Waals surface area contributed by atoms with Gasteiger partial charge < -0.3 is 0 Å². The summed E-state index contributed by atoms with van der Waals surface area (Å²) in [7, 11) is 0. The molecule has 0 radical (unpaired) electrons. The SMILES string of the molecule is CC[C@H](C)c1ccc(-c2ccc(-c3ccc([C@@H](C)CC)cn3)cc2)nc1. The molecule has 0 N–H and O–H groups in total. The van der Waals surface area contributed by atoms with Crippen LogP contribution in [0, 0.1) is 0 Å². The average Bonchev–Trinajstić information content (AvgIpc) is 2.73. The Morgan fingerprint density at radius 1 is 0.615 bits per heavy atom. The molecule has 134 valence electrons. The molecular weight excluding hydrogens is 316 g/mol. The maximum atomic E-state index is 4.65. The van der Waals surface area contributed by atoms with Gasteiger partial charge in [0.2, 0.25) is 0 Å². The Morgan fingerprint density at radius 3 is 1.27 bits per heavy atom. The molecule has 0 saturated carbocycles. The van der Waals surface area contributed by atoms with Crippen LogP contribution in [-0.4, -0.2) is 9.97 Å². The third kappa shape index (κ3) is 4.01. The quantitative estimate of drug-likeness (QED) is 0.489. The molecule has 0 aliphatic carbocycles. The lowest BCUT2D eigenvalue weighted by atomic mass is 9.99. The van der Waals surface area contributed by atoms with Gasteiger partial charge in [-0.25, -0.2) is 0 Å². The van der Waals surface area contributed by atoms with Crippen molar-refractivity contribution in [3.05, 3.63) is 72.1 Å². The standard InChI is InChI=1S/C24H28N2/c1-5-17(3)21-11-13-23(25-15-21)19-7-9-20(10-8-19)24-14-12-22(16-26-24)18(4)6-2/h7-18H,5-6H2,1-4H3/t17-,18-/m0/s1. The first-order valence-corrected chi connectivity index (χ1v) is 9.65. The van der Waals surface area contributed by atoms with Crippen molar-refractivity contribution in [2.75, 3.05) is 0 Å². The van der Waals surface area contributed by atoms with Crippen LogP contribution in [0.5, 0.6) is 0 Å². The zero-order valence-electron chi connectivity index (χ0n) is 16.2. The summed E-state index contributed by atoms with van der Waals surface area (Å²) >= 11 is 0. The molecular formula is C24H28N2. The number of pyridine rings is 2. The summed E-state index contributed by atoms with van der Waals surface area (Å²) in [5.41, 5.74) is 6.92. The Bertz CT molecular complexity index is 745. The lowest BCUT2D eigenvalue weighted by Gasteiger charge is -2.10. The second-order valence-electron chi connectivity index (χ2n) is 7.15. The monoisotopic (exact) mass is 344 g/mol. The van der Waals surface area contributed by atoms with E-state index < -0.39 is 0 Å². The minimum atomic E-state index is 0.559. The molecule has 0 aliphatic rings. The summed E-state index contributed by atoms with van der Waals surface area (Å²) in [6, 6.07) is 17.1. The molecule has 26 heavy (non-hydrogen) atoms. The van der Waals surface area contributed by atoms with Crippen LogP contribution in [0.1, 0.15) is 63.5 Å². The Balaban J connectivity index is 1.78. The number of benzene rings is 1. The fourth-order valence-electron chi connectivity index (χ4n) is 3.02. The van der Waals surface area contributed by atoms with Gasteiger partial charge in [-0.15, -0.1) is 0 Å². The fraction of sp³-hybridized carbons (Fsp3) is 0.333. The second kappa shape index (κ2) is 8.27. The smallest absolute Gasteiger partial charge is 0.0702 e. The molecule has 0 bridgehead atoms. The molecule has 0 fully saturated rings. The molecule has 3 aromatic rings. The fourth-order valence-corrected chi connectivity index (χ4v) is 3.02. The van der Waals surface area contributed by atoms with Gasteiger partial charge in [0.25, 0.3) is 0 Å². The van der Waals surface area contributed by atoms with E-state index in [2.05, 4.69) is 86.2 Å². The van der Waals surface area contributed by atoms with E-state index in [9.17, 15) is 0 Å². The van der Waals surface area contributed by atoms with Crippen molar-refractivity contribution in [3.8, 4) is 22.5 Å². The maximum Gasteiger partial charge on any atom is 0.0702 e. The van der Waals surface area contributed by atoms with Crippen molar-refractivity contribution < 1.29 is 0 Å². The van der Waals surface area contributed by atoms with Crippen molar-refractivity contribution in [2.45, 2.75) is 52.4 Å². The highest BCUT2D eigenvalue weighted by Crippen LogP contribution is 2.26. The first-order valence-electron chi connectivity index (χ1n) is 9.65. The molecule has 2 nitrogen and oxygen atoms in total. The Kier molecular flexibility index (Phi) is 5.82. The first kappa shape index (κ1) is 18.3. The maximum absolute atomic E-state index is 4.65. The average molecular weight is 345 g/mol. The van der Waals surface area contributed by atoms with Crippen LogP contribution in [0.2, 0.25) is 0 Å². The van der Waals surface area contributed by atoms with E-state index in [-0.39, 0.29) is 0 Å². The minimum absolute atomic E-state index is 0.559. The van der Waals surface area contributed by atoms with Gasteiger partial charge in [-0.2, -0.15) is 0 Å². The van der Waals surface area contributed by atoms with Crippen molar-refractivity contribution in [2.24, 2.45) is 0 Å². The lowest BCUT2D eigenvalue weighted by molar-refractivity contribution is 0.730. The van der Waals surface area contributed by atoms with Crippen LogP contribution in [0.3, 0.4) is 0 Å². The summed E-state index contributed by atoms with van der Waals surface area (Å²) < 4.78 is 0. The van der Waals surface area contributed by atoms with Gasteiger partial charge in [0.15, 0.2) is 0 Å². The molecule has 2 aromatic heterocycles. The number of rotatable bonds is 6. The summed E-state index contributed by atoms with van der Waals surface area (Å²) in [6.45, 7) is 8.90. The third-order valence-electron chi connectivity index (χ3n) is 5.41. The molecule has 3 rings (SSSR count). The van der Waals surface area contributed by atoms with Crippen molar-refractivity contribution in [1.82, 2.24) is 9.97 Å². The number of hydrogen-bond acceptors (Lipinski definition) is 2. The van der Waals surface area contributed by atoms with Crippen LogP contribution in [0.4, 0.5) is 0 Å². The van der Waals surface area contributed by atoms with Gasteiger partial charge in [-0.05, 0) is 47.9 Å². The van der Waals surface area contributed by atoms with Crippen LogP contribution >= 0.6 is 0 Å². The zero-order valence-corrected chi connectivity index (χ0v) is 16.2. The van der Waals surface area contributed by atoms with Gasteiger partial charge in [0.1, 0.15) is 0 Å². The topological polar surface area (TPSA) is 25.8 Å². The van der Waals surface area contributed by atoms with E-state index in [0.29, 0.717) is 11.8 Å². The van der Waals surface area contributed by atoms with Gasteiger partial charge in [0.05, 0.1) is 11.4 Å². The summed E-state index contributed by atoms with van der Waals surface area (Å²) in [4.78, 5) is 9.29. The first-order chi connectivity index (χ1) is 12.6. The second-order valence-corrected chi connectivity index (χ2v) is 7.15. The molecule has 1 aromatic carbocycles. The van der Waals surface area contributed by atoms with Crippen LogP contribution in [0.25, 0.3) is 22.5 Å². The number of hydrogen-bond donors (Lipinski definition) is 0. The number of aromatic nitrogens is 2. The predicted molar refractivity (Wildman–Crippen MR) is 110 cm³/mol. The van der Waals surface area contributed by atoms with Crippen molar-refractivity contribution in [3.63, 3.8) is 0 Å². The molecule has 0 aliphatic heterocycles. The van der Waals surface area contributed by atoms with E-state index in [4.69, 9.17) is 0 Å². The predicted octanol–water partition coefficient (Wildman–Crippen LogP) is 6.84. The van der Waals surface area contributed by atoms with Crippen molar-refractivity contribution in [1.29, 1.82) is 0 Å². The molecule has 2 atom stereocenters. The molecule has 0 amide bonds. The summed E-state index contributed by atoms with van der Waals surface area (Å²) in [5.74, 6) is 1.12. The Morgan fingerprint density at radius 2 is 1.00 bits per heavy atom. The molecule has 0 spiro atoms. The van der Waals surface area contributed by atoms with Crippen LogP contribution in [-0.2, 0) is 0 Å².